The van der Waals surface area contributed by atoms with Crippen LogP contribution in [0.5, 0.6) is 0 Å². The number of fused-ring (bicyclic) bond motifs is 4. The van der Waals surface area contributed by atoms with Crippen molar-refractivity contribution in [3.05, 3.63) is 125 Å². The number of nitrogens with zero attached hydrogens (tertiary/aromatic N) is 15. The first-order chi connectivity index (χ1) is 55.3. The summed E-state index contributed by atoms with van der Waals surface area (Å²) in [4.78, 5) is 124. The normalized spacial score (nSPS) is 14.6. The van der Waals surface area contributed by atoms with Gasteiger partial charge in [0.25, 0.3) is 0 Å². The van der Waals surface area contributed by atoms with Crippen LogP contribution in [-0.2, 0) is 19.2 Å². The van der Waals surface area contributed by atoms with Crippen molar-refractivity contribution in [3.63, 3.8) is 0 Å². The molecule has 0 aromatic carbocycles. The molecule has 31 nitrogen and oxygen atoms in total. The van der Waals surface area contributed by atoms with Gasteiger partial charge in [0.15, 0.2) is 23.3 Å². The molecule has 0 saturated heterocycles. The first-order valence-electron chi connectivity index (χ1n) is 35.2. The van der Waals surface area contributed by atoms with E-state index in [1.165, 1.54) is 56.9 Å². The zero-order valence-electron chi connectivity index (χ0n) is 61.3. The Bertz CT molecular complexity index is 5390. The molecule has 12 aromatic heterocycles. The Balaban J connectivity index is 0.000000153. The molecular formula is C70H67Cl4F12N27O4. The van der Waals surface area contributed by atoms with Crippen LogP contribution in [0.15, 0.2) is 105 Å². The number of carbonyl (C=O) groups excluding carboxylic acids is 4. The molecule has 0 bridgehead atoms. The topological polar surface area (TPSA) is 421 Å². The third-order valence-electron chi connectivity index (χ3n) is 18.4. The summed E-state index contributed by atoms with van der Waals surface area (Å²) in [7, 11) is 0. The second-order valence-electron chi connectivity index (χ2n) is 27.0. The van der Waals surface area contributed by atoms with Gasteiger partial charge in [-0.25, -0.2) is 59.8 Å². The number of nitrogens with one attached hydrogen (secondary N) is 12. The Hall–Kier alpha value is -11.7. The fourth-order valence-corrected chi connectivity index (χ4v) is 12.7. The number of pyridine rings is 4. The number of aromatic nitrogens is 19. The average molecular weight is 1720 g/mol. The average Bonchev–Trinajstić information content (AvgIpc) is 1.27. The molecule has 12 heterocycles. The largest absolute Gasteiger partial charge is 0.405 e. The van der Waals surface area contributed by atoms with Crippen molar-refractivity contribution in [2.75, 3.05) is 47.4 Å². The molecule has 117 heavy (non-hydrogen) atoms. The molecule has 2 aliphatic carbocycles. The van der Waals surface area contributed by atoms with Crippen molar-refractivity contribution in [2.24, 2.45) is 5.92 Å². The smallest absolute Gasteiger partial charge is 0.356 e. The van der Waals surface area contributed by atoms with Crippen molar-refractivity contribution in [1.29, 1.82) is 0 Å². The maximum absolute atomic E-state index is 12.6. The predicted octanol–water partition coefficient (Wildman–Crippen LogP) is 13.7. The van der Waals surface area contributed by atoms with Gasteiger partial charge in [-0.05, 0) is 81.7 Å². The summed E-state index contributed by atoms with van der Waals surface area (Å²) in [5.74, 6) is -1.55. The van der Waals surface area contributed by atoms with E-state index < -0.39 is 97.2 Å². The molecule has 2 aliphatic rings. The number of halogens is 16. The minimum Gasteiger partial charge on any atom is -0.356 e. The van der Waals surface area contributed by atoms with Crippen LogP contribution < -0.4 is 42.5 Å². The van der Waals surface area contributed by atoms with E-state index in [1.807, 2.05) is 21.3 Å². The van der Waals surface area contributed by atoms with E-state index in [2.05, 4.69) is 116 Å². The van der Waals surface area contributed by atoms with Crippen molar-refractivity contribution < 1.29 is 71.9 Å². The SMILES string of the molecule is CC(C)[C@@](C)(Nc1ccnc(-c2c[nH]c3ncc(Cl)cc23)n1)C(=O)NCC(F)(F)F.CC[C@@H](Nc1ncnc(-c2c[nH]c3ncc(Cl)cc23)n1)C(=O)NCC(F)(F)F.O=C(NCC(F)(F)F)C1(Nc2ncnc(-c3c[nH]c4ncc(Cl)cc34)n2)CCC1.O=C(NCC(F)(F)F)C1(Nc2ncnc(-c3c[nH]c4ncc(Cl)cc34)n2)CCCC1. The van der Waals surface area contributed by atoms with Crippen molar-refractivity contribution >= 4 is 138 Å². The lowest BCUT2D eigenvalue weighted by Crippen LogP contribution is -2.58. The highest BCUT2D eigenvalue weighted by molar-refractivity contribution is 6.32. The summed E-state index contributed by atoms with van der Waals surface area (Å²) >= 11 is 24.1. The van der Waals surface area contributed by atoms with Crippen molar-refractivity contribution in [1.82, 2.24) is 116 Å². The summed E-state index contributed by atoms with van der Waals surface area (Å²) < 4.78 is 149. The molecule has 0 radical (unpaired) electrons. The Morgan fingerprint density at radius 3 is 1.15 bits per heavy atom. The molecule has 2 atom stereocenters. The summed E-state index contributed by atoms with van der Waals surface area (Å²) in [5, 5.41) is 23.8. The number of alkyl halides is 12. The van der Waals surface area contributed by atoms with Gasteiger partial charge in [0.2, 0.25) is 41.5 Å². The van der Waals surface area contributed by atoms with Crippen molar-refractivity contribution in [2.45, 2.75) is 126 Å². The third-order valence-corrected chi connectivity index (χ3v) is 19.2. The van der Waals surface area contributed by atoms with Crippen LogP contribution in [0.1, 0.15) is 79.1 Å². The molecule has 2 fully saturated rings. The minimum atomic E-state index is -4.50. The molecule has 2 saturated carbocycles. The summed E-state index contributed by atoms with van der Waals surface area (Å²) in [5.41, 5.74) is 1.22. The lowest BCUT2D eigenvalue weighted by molar-refractivity contribution is -0.142. The first-order valence-corrected chi connectivity index (χ1v) is 36.7. The Morgan fingerprint density at radius 1 is 0.453 bits per heavy atom. The van der Waals surface area contributed by atoms with E-state index >= 15 is 0 Å². The van der Waals surface area contributed by atoms with Gasteiger partial charge in [0.05, 0.1) is 20.1 Å². The van der Waals surface area contributed by atoms with E-state index in [0.717, 1.165) is 0 Å². The van der Waals surface area contributed by atoms with Gasteiger partial charge in [-0.3, -0.25) is 19.2 Å². The molecule has 12 N–H and O–H groups in total. The molecule has 0 aliphatic heterocycles. The molecule has 0 unspecified atom stereocenters. The van der Waals surface area contributed by atoms with E-state index in [1.54, 1.807) is 75.9 Å². The highest BCUT2D eigenvalue weighted by atomic mass is 35.5. The lowest BCUT2D eigenvalue weighted by atomic mass is 9.76. The third kappa shape index (κ3) is 22.1. The quantitative estimate of drug-likeness (QED) is 0.0280. The van der Waals surface area contributed by atoms with Gasteiger partial charge in [-0.1, -0.05) is 80.0 Å². The number of carbonyl (C=O) groups is 4. The number of hydrogen-bond donors (Lipinski definition) is 12. The Labute approximate surface area is 673 Å². The fourth-order valence-electron chi connectivity index (χ4n) is 12.0. The van der Waals surface area contributed by atoms with E-state index in [4.69, 9.17) is 46.4 Å². The number of hydrogen-bond acceptors (Lipinski definition) is 23. The zero-order valence-corrected chi connectivity index (χ0v) is 64.4. The van der Waals surface area contributed by atoms with Crippen LogP contribution in [0.2, 0.25) is 20.1 Å². The van der Waals surface area contributed by atoms with Gasteiger partial charge < -0.3 is 62.5 Å². The van der Waals surface area contributed by atoms with Gasteiger partial charge in [-0.2, -0.15) is 67.6 Å². The predicted molar refractivity (Wildman–Crippen MR) is 408 cm³/mol. The number of rotatable bonds is 22. The summed E-state index contributed by atoms with van der Waals surface area (Å²) in [6.45, 7) is 1.05. The highest BCUT2D eigenvalue weighted by Crippen LogP contribution is 2.39. The molecule has 12 aromatic rings. The van der Waals surface area contributed by atoms with Crippen LogP contribution in [0.4, 0.5) is 76.3 Å². The van der Waals surface area contributed by atoms with E-state index in [0.29, 0.717) is 161 Å². The first kappa shape index (κ1) is 86.1. The molecule has 4 amide bonds. The van der Waals surface area contributed by atoms with Crippen LogP contribution in [0.25, 0.3) is 89.7 Å². The lowest BCUT2D eigenvalue weighted by Gasteiger charge is -2.40. The van der Waals surface area contributed by atoms with Crippen LogP contribution in [-0.4, -0.2) is 192 Å². The number of anilines is 4. The van der Waals surface area contributed by atoms with E-state index in [-0.39, 0.29) is 30.2 Å². The molecule has 0 spiro atoms. The molecular weight excluding hydrogens is 1650 g/mol. The van der Waals surface area contributed by atoms with Crippen LogP contribution in [0, 0.1) is 5.92 Å². The molecule has 618 valence electrons. The zero-order chi connectivity index (χ0) is 84.4. The van der Waals surface area contributed by atoms with Crippen LogP contribution in [0.3, 0.4) is 0 Å². The number of aromatic amines is 4. The fraction of sp³-hybridized carbons (Fsp3) is 0.357. The second-order valence-corrected chi connectivity index (χ2v) is 28.7. The van der Waals surface area contributed by atoms with Gasteiger partial charge in [0.1, 0.15) is 96.2 Å². The number of H-pyrrole nitrogens is 4. The second kappa shape index (κ2) is 35.8. The standard InChI is InChI=1S/C19H20ClF3N6O.C18H17ClF3N7O.C17H15ClF3N7O.C16H15ClF3N7O/c1-10(2)18(3,17(30)27-9-19(21,22)23)29-14-4-5-24-16(28-14)13-8-26-15-12(13)6-11(20)7-25-15;19-10-5-11-12(7-24-13(11)23-6-10)14-26-9-27-16(28-14)29-17(3-1-2-4-17)15(30)25-8-18(20,21)22;18-9-4-10-11(6-23-12(10)22-5-9)13-25-8-26-15(27-13)28-16(2-1-3-16)14(29)24-7-17(19,20)21;1-2-11(14(28)23-6-16(18,19)20)26-15-25-7-24-13(27-15)10-5-22-12-9(10)3-8(17)4-21-12/h4-8,10H,9H2,1-3H3,(H,25,26)(H,27,30)(H,24,28,29);5-7,9H,1-4,8H2,(H,23,24)(H,25,30)(H,26,27,28,29);4-6,8H,1-3,7H2,(H,22,23)(H,24,29)(H,25,26,27,28);3-5,7,11H,2,6H2,1H3,(H,21,22)(H,23,28)(H,24,25,26,27)/t18-;;;11-/m1..1/s1. The summed E-state index contributed by atoms with van der Waals surface area (Å²) in [6.07, 6.45) is 3.89. The Morgan fingerprint density at radius 2 is 0.795 bits per heavy atom. The van der Waals surface area contributed by atoms with Gasteiger partial charge in [-0.15, -0.1) is 0 Å². The summed E-state index contributed by atoms with van der Waals surface area (Å²) in [6, 6.07) is 7.46. The molecule has 47 heteroatoms. The number of amides is 4. The Kier molecular flexibility index (Phi) is 26.3. The maximum atomic E-state index is 12.6. The van der Waals surface area contributed by atoms with Crippen LogP contribution >= 0.6 is 46.4 Å². The monoisotopic (exact) mass is 1720 g/mol. The van der Waals surface area contributed by atoms with Gasteiger partial charge in [0, 0.05) is 99.6 Å². The maximum Gasteiger partial charge on any atom is 0.405 e. The minimum absolute atomic E-state index is 0.0587. The molecule has 14 rings (SSSR count). The van der Waals surface area contributed by atoms with Crippen molar-refractivity contribution in [3.8, 4) is 45.6 Å². The highest BCUT2D eigenvalue weighted by Gasteiger charge is 2.47. The van der Waals surface area contributed by atoms with Gasteiger partial charge >= 0.3 is 24.7 Å². The van der Waals surface area contributed by atoms with E-state index in [9.17, 15) is 71.9 Å².